The van der Waals surface area contributed by atoms with Crippen LogP contribution in [-0.4, -0.2) is 9.38 Å². The van der Waals surface area contributed by atoms with Gasteiger partial charge in [0, 0.05) is 11.1 Å². The molecule has 0 amide bonds. The fraction of sp³-hybridized carbons (Fsp3) is 0.214. The second-order valence-electron chi connectivity index (χ2n) is 4.59. The molecule has 6 heteroatoms. The molecule has 0 saturated heterocycles. The Morgan fingerprint density at radius 2 is 1.95 bits per heavy atom. The fourth-order valence-electron chi connectivity index (χ4n) is 2.21. The Morgan fingerprint density at radius 3 is 2.65 bits per heavy atom. The minimum Gasteiger partial charge on any atom is -0.377 e. The van der Waals surface area contributed by atoms with Crippen LogP contribution >= 0.6 is 34.5 Å². The number of hydrogen-bond donors (Lipinski definition) is 1. The topological polar surface area (TPSA) is 29.3 Å². The molecule has 0 saturated carbocycles. The van der Waals surface area contributed by atoms with Crippen LogP contribution in [0.25, 0.3) is 4.96 Å². The Hall–Kier alpha value is -1.23. The van der Waals surface area contributed by atoms with Crippen LogP contribution < -0.4 is 5.32 Å². The van der Waals surface area contributed by atoms with Gasteiger partial charge in [-0.25, -0.2) is 4.98 Å². The number of rotatable bonds is 3. The van der Waals surface area contributed by atoms with Crippen molar-refractivity contribution in [1.29, 1.82) is 0 Å². The van der Waals surface area contributed by atoms with E-state index in [4.69, 9.17) is 23.2 Å². The van der Waals surface area contributed by atoms with Crippen LogP contribution in [0.2, 0.25) is 10.0 Å². The van der Waals surface area contributed by atoms with Crippen molar-refractivity contribution in [3.8, 4) is 0 Å². The van der Waals surface area contributed by atoms with E-state index in [2.05, 4.69) is 27.0 Å². The van der Waals surface area contributed by atoms with Crippen molar-refractivity contribution in [2.75, 3.05) is 5.32 Å². The zero-order valence-electron chi connectivity index (χ0n) is 11.1. The quantitative estimate of drug-likeness (QED) is 0.739. The first-order valence-electron chi connectivity index (χ1n) is 6.18. The van der Waals surface area contributed by atoms with Crippen molar-refractivity contribution in [1.82, 2.24) is 9.38 Å². The molecule has 20 heavy (non-hydrogen) atoms. The molecule has 2 aromatic heterocycles. The van der Waals surface area contributed by atoms with Gasteiger partial charge < -0.3 is 5.32 Å². The molecule has 0 aliphatic rings. The Morgan fingerprint density at radius 1 is 1.25 bits per heavy atom. The number of anilines is 1. The highest BCUT2D eigenvalue weighted by Crippen LogP contribution is 2.30. The van der Waals surface area contributed by atoms with E-state index in [1.165, 1.54) is 5.69 Å². The molecule has 0 bridgehead atoms. The van der Waals surface area contributed by atoms with E-state index in [0.29, 0.717) is 16.6 Å². The SMILES string of the molecule is Cc1nc2scc(C)n2c1CNc1c(Cl)cccc1Cl. The second-order valence-corrected chi connectivity index (χ2v) is 6.24. The summed E-state index contributed by atoms with van der Waals surface area (Å²) in [6, 6.07) is 5.48. The molecular formula is C14H13Cl2N3S. The number of aryl methyl sites for hydroxylation is 2. The summed E-state index contributed by atoms with van der Waals surface area (Å²) in [7, 11) is 0. The van der Waals surface area contributed by atoms with Crippen LogP contribution in [0.4, 0.5) is 5.69 Å². The van der Waals surface area contributed by atoms with Gasteiger partial charge in [0.1, 0.15) is 0 Å². The minimum atomic E-state index is 0.623. The maximum Gasteiger partial charge on any atom is 0.194 e. The number of fused-ring (bicyclic) bond motifs is 1. The molecular weight excluding hydrogens is 313 g/mol. The van der Waals surface area contributed by atoms with Gasteiger partial charge in [-0.2, -0.15) is 0 Å². The zero-order chi connectivity index (χ0) is 14.3. The van der Waals surface area contributed by atoms with Crippen molar-refractivity contribution >= 4 is 45.2 Å². The molecule has 1 aromatic carbocycles. The summed E-state index contributed by atoms with van der Waals surface area (Å²) in [5.74, 6) is 0. The smallest absolute Gasteiger partial charge is 0.194 e. The molecule has 0 atom stereocenters. The van der Waals surface area contributed by atoms with Gasteiger partial charge in [-0.1, -0.05) is 29.3 Å². The summed E-state index contributed by atoms with van der Waals surface area (Å²) in [5.41, 5.74) is 4.11. The fourth-order valence-corrected chi connectivity index (χ4v) is 3.68. The number of para-hydroxylation sites is 1. The third-order valence-corrected chi connectivity index (χ3v) is 4.80. The first-order valence-corrected chi connectivity index (χ1v) is 7.81. The number of hydrogen-bond acceptors (Lipinski definition) is 3. The molecule has 3 rings (SSSR count). The average molecular weight is 326 g/mol. The number of aromatic nitrogens is 2. The molecule has 1 N–H and O–H groups in total. The van der Waals surface area contributed by atoms with Crippen LogP contribution in [0.1, 0.15) is 17.1 Å². The van der Waals surface area contributed by atoms with Gasteiger partial charge in [-0.3, -0.25) is 4.40 Å². The molecule has 2 heterocycles. The third kappa shape index (κ3) is 2.28. The van der Waals surface area contributed by atoms with Crippen molar-refractivity contribution in [3.05, 3.63) is 50.7 Å². The van der Waals surface area contributed by atoms with Crippen molar-refractivity contribution in [3.63, 3.8) is 0 Å². The Labute approximate surface area is 131 Å². The molecule has 104 valence electrons. The lowest BCUT2D eigenvalue weighted by Gasteiger charge is -2.10. The third-order valence-electron chi connectivity index (χ3n) is 3.23. The average Bonchev–Trinajstić information content (AvgIpc) is 2.90. The van der Waals surface area contributed by atoms with E-state index in [0.717, 1.165) is 22.0 Å². The molecule has 0 unspecified atom stereocenters. The summed E-state index contributed by atoms with van der Waals surface area (Å²) in [4.78, 5) is 5.58. The summed E-state index contributed by atoms with van der Waals surface area (Å²) < 4.78 is 2.16. The lowest BCUT2D eigenvalue weighted by Crippen LogP contribution is -2.05. The Balaban J connectivity index is 1.94. The second kappa shape index (κ2) is 5.28. The van der Waals surface area contributed by atoms with Crippen molar-refractivity contribution < 1.29 is 0 Å². The van der Waals surface area contributed by atoms with Crippen molar-refractivity contribution in [2.45, 2.75) is 20.4 Å². The number of nitrogens with one attached hydrogen (secondary N) is 1. The first-order chi connectivity index (χ1) is 9.58. The lowest BCUT2D eigenvalue weighted by atomic mass is 10.3. The standard InChI is InChI=1S/C14H13Cl2N3S/c1-8-7-20-14-18-9(2)12(19(8)14)6-17-13-10(15)4-3-5-11(13)16/h3-5,7,17H,6H2,1-2H3. The van der Waals surface area contributed by atoms with Gasteiger partial charge in [0.2, 0.25) is 0 Å². The zero-order valence-corrected chi connectivity index (χ0v) is 13.4. The summed E-state index contributed by atoms with van der Waals surface area (Å²) in [5, 5.41) is 6.66. The number of halogens is 2. The molecule has 0 aliphatic carbocycles. The molecule has 0 fully saturated rings. The highest BCUT2D eigenvalue weighted by Gasteiger charge is 2.13. The largest absolute Gasteiger partial charge is 0.377 e. The van der Waals surface area contributed by atoms with Crippen LogP contribution in [0.15, 0.2) is 23.6 Å². The van der Waals surface area contributed by atoms with E-state index in [-0.39, 0.29) is 0 Å². The molecule has 0 spiro atoms. The van der Waals surface area contributed by atoms with Gasteiger partial charge in [0.15, 0.2) is 4.96 Å². The predicted octanol–water partition coefficient (Wildman–Crippen LogP) is 4.93. The van der Waals surface area contributed by atoms with Gasteiger partial charge >= 0.3 is 0 Å². The van der Waals surface area contributed by atoms with E-state index in [1.54, 1.807) is 11.3 Å². The number of benzene rings is 1. The summed E-state index contributed by atoms with van der Waals surface area (Å²) >= 11 is 14.0. The predicted molar refractivity (Wildman–Crippen MR) is 86.3 cm³/mol. The van der Waals surface area contributed by atoms with Gasteiger partial charge in [0.25, 0.3) is 0 Å². The summed E-state index contributed by atoms with van der Waals surface area (Å²) in [6.07, 6.45) is 0. The molecule has 0 aliphatic heterocycles. The van der Waals surface area contributed by atoms with E-state index < -0.39 is 0 Å². The maximum atomic E-state index is 6.17. The van der Waals surface area contributed by atoms with Crippen LogP contribution in [-0.2, 0) is 6.54 Å². The van der Waals surface area contributed by atoms with Crippen LogP contribution in [0.3, 0.4) is 0 Å². The highest BCUT2D eigenvalue weighted by atomic mass is 35.5. The molecule has 3 nitrogen and oxygen atoms in total. The van der Waals surface area contributed by atoms with Crippen LogP contribution in [0, 0.1) is 13.8 Å². The van der Waals surface area contributed by atoms with E-state index >= 15 is 0 Å². The highest BCUT2D eigenvalue weighted by molar-refractivity contribution is 7.15. The number of nitrogens with zero attached hydrogens (tertiary/aromatic N) is 2. The van der Waals surface area contributed by atoms with E-state index in [1.807, 2.05) is 25.1 Å². The first kappa shape index (κ1) is 13.7. The Kier molecular flexibility index (Phi) is 3.63. The minimum absolute atomic E-state index is 0.623. The van der Waals surface area contributed by atoms with E-state index in [9.17, 15) is 0 Å². The van der Waals surface area contributed by atoms with Gasteiger partial charge in [0.05, 0.1) is 33.7 Å². The Bertz CT molecular complexity index is 756. The van der Waals surface area contributed by atoms with Gasteiger partial charge in [-0.05, 0) is 26.0 Å². The number of thiazole rings is 1. The molecule has 3 aromatic rings. The van der Waals surface area contributed by atoms with Gasteiger partial charge in [-0.15, -0.1) is 11.3 Å². The summed E-state index contributed by atoms with van der Waals surface area (Å²) in [6.45, 7) is 4.73. The lowest BCUT2D eigenvalue weighted by molar-refractivity contribution is 0.966. The van der Waals surface area contributed by atoms with Crippen molar-refractivity contribution in [2.24, 2.45) is 0 Å². The molecule has 0 radical (unpaired) electrons. The maximum absolute atomic E-state index is 6.17. The monoisotopic (exact) mass is 325 g/mol. The number of imidazole rings is 1. The van der Waals surface area contributed by atoms with Crippen LogP contribution in [0.5, 0.6) is 0 Å². The normalized spacial score (nSPS) is 11.2.